The first kappa shape index (κ1) is 37.6. The highest BCUT2D eigenvalue weighted by molar-refractivity contribution is 5.75. The van der Waals surface area contributed by atoms with Gasteiger partial charge in [0.2, 0.25) is 0 Å². The number of imidazole rings is 1. The lowest BCUT2D eigenvalue weighted by Crippen LogP contribution is -2.61. The van der Waals surface area contributed by atoms with Gasteiger partial charge in [0.1, 0.15) is 5.52 Å². The quantitative estimate of drug-likeness (QED) is 0.167. The molecular formula is C39H68N12O2Si. The molecule has 5 saturated heterocycles. The Hall–Kier alpha value is -1.95. The molecule has 54 heavy (non-hydrogen) atoms. The van der Waals surface area contributed by atoms with Crippen LogP contribution in [-0.2, 0) is 14.1 Å². The number of fused-ring (bicyclic) bond motifs is 21. The minimum Gasteiger partial charge on any atom is -0.339 e. The second-order valence-corrected chi connectivity index (χ2v) is 18.4. The first-order valence-electron chi connectivity index (χ1n) is 21.6. The summed E-state index contributed by atoms with van der Waals surface area (Å²) in [6, 6.07) is 0. The van der Waals surface area contributed by atoms with Gasteiger partial charge in [-0.05, 0) is 110 Å². The van der Waals surface area contributed by atoms with E-state index in [1.54, 1.807) is 7.05 Å². The van der Waals surface area contributed by atoms with Crippen molar-refractivity contribution >= 4 is 22.1 Å². The van der Waals surface area contributed by atoms with Gasteiger partial charge < -0.3 is 4.98 Å². The smallest absolute Gasteiger partial charge is 0.332 e. The molecule has 300 valence electrons. The Bertz CT molecular complexity index is 1540. The van der Waals surface area contributed by atoms with Crippen LogP contribution in [0.1, 0.15) is 103 Å². The molecule has 8 unspecified atom stereocenters. The SMILES string of the molecule is C1CCC2C3NC(NC4NC(NC5NC(NC6NC(N3)C3CCCCC63)C3CCCCC53)C3CCCCC43)C2C1.Cn1c(=O)c2[nH]cnc2n(C)c1=O.[SiH4]. The number of aromatic amines is 1. The summed E-state index contributed by atoms with van der Waals surface area (Å²) < 4.78 is 2.37. The number of nitrogens with zero attached hydrogens (tertiary/aromatic N) is 3. The van der Waals surface area contributed by atoms with E-state index in [4.69, 9.17) is 0 Å². The number of hydrogen-bond donors (Lipinski definition) is 9. The molecule has 14 nitrogen and oxygen atoms in total. The number of aryl methyl sites for hydroxylation is 1. The van der Waals surface area contributed by atoms with Gasteiger partial charge in [-0.15, -0.1) is 0 Å². The fraction of sp³-hybridized carbons (Fsp3) is 0.872. The maximum absolute atomic E-state index is 11.4. The maximum atomic E-state index is 11.4. The van der Waals surface area contributed by atoms with Crippen molar-refractivity contribution in [1.82, 2.24) is 61.6 Å². The van der Waals surface area contributed by atoms with E-state index in [0.717, 1.165) is 51.9 Å². The lowest BCUT2D eigenvalue weighted by Gasteiger charge is -2.35. The van der Waals surface area contributed by atoms with E-state index in [2.05, 4.69) is 52.5 Å². The normalized spacial score (nSPS) is 45.3. The minimum absolute atomic E-state index is 0. The van der Waals surface area contributed by atoms with E-state index in [9.17, 15) is 9.59 Å². The molecule has 9 fully saturated rings. The Morgan fingerprint density at radius 2 is 0.722 bits per heavy atom. The summed E-state index contributed by atoms with van der Waals surface area (Å²) in [5, 5.41) is 33.8. The predicted octanol–water partition coefficient (Wildman–Crippen LogP) is 0.114. The zero-order valence-electron chi connectivity index (χ0n) is 31.8. The topological polar surface area (TPSA) is 169 Å². The van der Waals surface area contributed by atoms with Gasteiger partial charge in [-0.1, -0.05) is 51.4 Å². The van der Waals surface area contributed by atoms with Crippen LogP contribution >= 0.6 is 0 Å². The molecule has 0 aromatic carbocycles. The first-order chi connectivity index (χ1) is 25.9. The molecule has 8 atom stereocenters. The van der Waals surface area contributed by atoms with Crippen LogP contribution in [0.2, 0.25) is 0 Å². The molecule has 0 radical (unpaired) electrons. The summed E-state index contributed by atoms with van der Waals surface area (Å²) >= 11 is 0. The summed E-state index contributed by atoms with van der Waals surface area (Å²) in [7, 11) is 3.01. The van der Waals surface area contributed by atoms with Crippen molar-refractivity contribution in [2.24, 2.45) is 61.4 Å². The molecule has 0 spiro atoms. The summed E-state index contributed by atoms with van der Waals surface area (Å²) in [5.74, 6) is 5.97. The molecule has 11 rings (SSSR count). The monoisotopic (exact) mass is 765 g/mol. The van der Waals surface area contributed by atoms with Crippen molar-refractivity contribution in [3.05, 3.63) is 27.2 Å². The van der Waals surface area contributed by atoms with Crippen LogP contribution in [0.15, 0.2) is 15.9 Å². The molecule has 5 aliphatic heterocycles. The molecule has 9 N–H and O–H groups in total. The highest BCUT2D eigenvalue weighted by Gasteiger charge is 2.54. The van der Waals surface area contributed by atoms with Crippen LogP contribution in [0.5, 0.6) is 0 Å². The Morgan fingerprint density at radius 1 is 0.463 bits per heavy atom. The third kappa shape index (κ3) is 6.50. The van der Waals surface area contributed by atoms with Gasteiger partial charge in [-0.25, -0.2) is 9.78 Å². The summed E-state index contributed by atoms with van der Waals surface area (Å²) in [4.78, 5) is 29.4. The van der Waals surface area contributed by atoms with E-state index < -0.39 is 0 Å². The standard InChI is InChI=1S/C32H56N8.C7H8N4O2.H4Si/c1-2-10-18-17(9-1)25-33-26(18)38-28-21-13-5-6-14-22(21)30(35-28)40-32-24-16-8-7-15-23(24)31(36-32)39-29-20-12-4-3-11-19(20)27(34-29)37-25;1-10-5-4(8-3-9-5)6(12)11(2)7(10)13;/h17-40H,1-16H2;3H,1-2H3,(H,8,9);1H4. The van der Waals surface area contributed by atoms with Gasteiger partial charge in [0, 0.05) is 14.1 Å². The van der Waals surface area contributed by atoms with Crippen molar-refractivity contribution in [3.8, 4) is 0 Å². The van der Waals surface area contributed by atoms with Gasteiger partial charge in [0.05, 0.1) is 55.7 Å². The van der Waals surface area contributed by atoms with E-state index in [0.29, 0.717) is 60.5 Å². The number of H-pyrrole nitrogens is 1. The van der Waals surface area contributed by atoms with Crippen molar-refractivity contribution in [1.29, 1.82) is 0 Å². The number of nitrogens with one attached hydrogen (secondary N) is 9. The number of hydrogen-bond acceptors (Lipinski definition) is 11. The van der Waals surface area contributed by atoms with Gasteiger partial charge in [0.25, 0.3) is 5.56 Å². The molecule has 15 heteroatoms. The molecular weight excluding hydrogens is 697 g/mol. The van der Waals surface area contributed by atoms with Gasteiger partial charge >= 0.3 is 5.69 Å². The lowest BCUT2D eigenvalue weighted by molar-refractivity contribution is 0.167. The summed E-state index contributed by atoms with van der Waals surface area (Å²) in [6.07, 6.45) is 27.0. The van der Waals surface area contributed by atoms with Crippen LogP contribution < -0.4 is 53.8 Å². The average molecular weight is 765 g/mol. The van der Waals surface area contributed by atoms with E-state index in [-0.39, 0.29) is 22.2 Å². The summed E-state index contributed by atoms with van der Waals surface area (Å²) in [5.41, 5.74) is 0.0119. The van der Waals surface area contributed by atoms with Crippen molar-refractivity contribution in [2.45, 2.75) is 152 Å². The predicted molar refractivity (Wildman–Crippen MR) is 215 cm³/mol. The first-order valence-corrected chi connectivity index (χ1v) is 21.6. The van der Waals surface area contributed by atoms with Crippen molar-refractivity contribution in [2.75, 3.05) is 0 Å². The van der Waals surface area contributed by atoms with Crippen LogP contribution in [0.3, 0.4) is 0 Å². The van der Waals surface area contributed by atoms with Crippen LogP contribution in [0.25, 0.3) is 11.2 Å². The Morgan fingerprint density at radius 3 is 0.981 bits per heavy atom. The van der Waals surface area contributed by atoms with E-state index >= 15 is 0 Å². The molecule has 7 heterocycles. The Labute approximate surface area is 323 Å². The maximum Gasteiger partial charge on any atom is 0.332 e. The average Bonchev–Trinajstić information content (AvgIpc) is 4.02. The highest BCUT2D eigenvalue weighted by Crippen LogP contribution is 2.45. The second-order valence-electron chi connectivity index (χ2n) is 18.4. The second kappa shape index (κ2) is 15.4. The Balaban J connectivity index is 0.000000234. The minimum atomic E-state index is -0.371. The zero-order valence-corrected chi connectivity index (χ0v) is 31.8. The van der Waals surface area contributed by atoms with E-state index in [1.807, 2.05) is 0 Å². The van der Waals surface area contributed by atoms with Gasteiger partial charge in [0.15, 0.2) is 5.65 Å². The molecule has 8 bridgehead atoms. The molecule has 4 aliphatic carbocycles. The van der Waals surface area contributed by atoms with E-state index in [1.165, 1.54) is 121 Å². The zero-order chi connectivity index (χ0) is 35.8. The number of rotatable bonds is 0. The Kier molecular flexibility index (Phi) is 10.7. The largest absolute Gasteiger partial charge is 0.339 e. The molecule has 9 aliphatic rings. The fourth-order valence-corrected chi connectivity index (χ4v) is 13.2. The highest BCUT2D eigenvalue weighted by atomic mass is 28.1. The third-order valence-electron chi connectivity index (χ3n) is 15.8. The lowest BCUT2D eigenvalue weighted by atomic mass is 9.76. The summed E-state index contributed by atoms with van der Waals surface area (Å²) in [6.45, 7) is 0. The molecule has 4 saturated carbocycles. The molecule has 2 aromatic rings. The molecule has 2 aromatic heterocycles. The van der Waals surface area contributed by atoms with Crippen LogP contribution in [-0.4, -0.2) is 79.4 Å². The van der Waals surface area contributed by atoms with Crippen LogP contribution in [0.4, 0.5) is 0 Å². The van der Waals surface area contributed by atoms with Crippen LogP contribution in [0, 0.1) is 47.3 Å². The third-order valence-corrected chi connectivity index (χ3v) is 15.8. The van der Waals surface area contributed by atoms with Gasteiger partial charge in [-0.2, -0.15) is 0 Å². The van der Waals surface area contributed by atoms with Crippen molar-refractivity contribution in [3.63, 3.8) is 0 Å². The molecule has 0 amide bonds. The van der Waals surface area contributed by atoms with Crippen molar-refractivity contribution < 1.29 is 0 Å². The fourth-order valence-electron chi connectivity index (χ4n) is 13.2. The number of aromatic nitrogens is 4. The van der Waals surface area contributed by atoms with Gasteiger partial charge in [-0.3, -0.25) is 56.5 Å².